The van der Waals surface area contributed by atoms with E-state index in [1.54, 1.807) is 0 Å². The first kappa shape index (κ1) is 15.9. The van der Waals surface area contributed by atoms with Crippen LogP contribution in [0.5, 0.6) is 0 Å². The zero-order chi connectivity index (χ0) is 15.1. The van der Waals surface area contributed by atoms with Crippen molar-refractivity contribution in [3.8, 4) is 0 Å². The Hall–Kier alpha value is -1.50. The van der Waals surface area contributed by atoms with E-state index in [1.165, 1.54) is 42.5 Å². The van der Waals surface area contributed by atoms with Gasteiger partial charge in [0.15, 0.2) is 0 Å². The highest BCUT2D eigenvalue weighted by Gasteiger charge is 2.33. The van der Waals surface area contributed by atoms with Gasteiger partial charge in [-0.15, -0.1) is 0 Å². The van der Waals surface area contributed by atoms with E-state index >= 15 is 0 Å². The Kier molecular flexibility index (Phi) is 6.10. The Morgan fingerprint density at radius 2 is 2.05 bits per heavy atom. The summed E-state index contributed by atoms with van der Waals surface area (Å²) >= 11 is 0. The van der Waals surface area contributed by atoms with E-state index < -0.39 is 0 Å². The Morgan fingerprint density at radius 1 is 1.19 bits per heavy atom. The van der Waals surface area contributed by atoms with Gasteiger partial charge in [-0.25, -0.2) is 0 Å². The number of dihydropyridines is 1. The molecule has 0 spiro atoms. The van der Waals surface area contributed by atoms with E-state index in [4.69, 9.17) is 0 Å². The number of aryl methyl sites for hydroxylation is 1. The lowest BCUT2D eigenvalue weighted by atomic mass is 10.1. The van der Waals surface area contributed by atoms with Crippen molar-refractivity contribution in [2.24, 2.45) is 11.8 Å². The Balaban J connectivity index is 0.000000173. The maximum Gasteiger partial charge on any atom is 0.0416 e. The lowest BCUT2D eigenvalue weighted by molar-refractivity contribution is 0.621. The van der Waals surface area contributed by atoms with Crippen LogP contribution in [0.3, 0.4) is 0 Å². The van der Waals surface area contributed by atoms with Crippen molar-refractivity contribution in [1.82, 2.24) is 5.32 Å². The molecule has 0 saturated heterocycles. The van der Waals surface area contributed by atoms with Crippen molar-refractivity contribution < 1.29 is 0 Å². The van der Waals surface area contributed by atoms with Gasteiger partial charge in [-0.05, 0) is 42.9 Å². The molecule has 2 aliphatic rings. The molecule has 0 bridgehead atoms. The molecule has 2 unspecified atom stereocenters. The smallest absolute Gasteiger partial charge is 0.0416 e. The summed E-state index contributed by atoms with van der Waals surface area (Å²) in [7, 11) is 0. The molecule has 0 radical (unpaired) electrons. The fourth-order valence-corrected chi connectivity index (χ4v) is 3.01. The van der Waals surface area contributed by atoms with Gasteiger partial charge >= 0.3 is 0 Å². The van der Waals surface area contributed by atoms with Gasteiger partial charge in [0.25, 0.3) is 0 Å². The van der Waals surface area contributed by atoms with Gasteiger partial charge in [-0.2, -0.15) is 0 Å². The SMILES string of the molecule is CCCC1CC1CC.Cc1cccc(C2=CC=CCN2)c1. The predicted octanol–water partition coefficient (Wildman–Crippen LogP) is 5.33. The third kappa shape index (κ3) is 5.08. The van der Waals surface area contributed by atoms with Crippen LogP contribution in [-0.4, -0.2) is 6.54 Å². The Morgan fingerprint density at radius 3 is 2.62 bits per heavy atom. The van der Waals surface area contributed by atoms with E-state index in [0.717, 1.165) is 18.4 Å². The monoisotopic (exact) mass is 283 g/mol. The molecule has 21 heavy (non-hydrogen) atoms. The van der Waals surface area contributed by atoms with E-state index in [1.807, 2.05) is 0 Å². The molecular weight excluding hydrogens is 254 g/mol. The lowest BCUT2D eigenvalue weighted by Crippen LogP contribution is -2.14. The molecule has 114 valence electrons. The van der Waals surface area contributed by atoms with Gasteiger partial charge in [0.05, 0.1) is 0 Å². The molecule has 1 heterocycles. The number of benzene rings is 1. The Bertz CT molecular complexity index is 498. The molecule has 1 nitrogen and oxygen atoms in total. The molecule has 2 atom stereocenters. The standard InChI is InChI=1S/C12H13N.C8H16/c1-10-5-4-6-11(9-10)12-7-2-3-8-13-12;1-3-5-8-6-7(8)4-2/h2-7,9,13H,8H2,1H3;7-8H,3-6H2,1-2H3. The molecule has 1 saturated carbocycles. The number of nitrogens with one attached hydrogen (secondary N) is 1. The molecule has 1 N–H and O–H groups in total. The van der Waals surface area contributed by atoms with Gasteiger partial charge in [0.1, 0.15) is 0 Å². The van der Waals surface area contributed by atoms with Crippen LogP contribution < -0.4 is 5.32 Å². The highest BCUT2D eigenvalue weighted by molar-refractivity contribution is 5.67. The summed E-state index contributed by atoms with van der Waals surface area (Å²) in [6.45, 7) is 7.63. The van der Waals surface area contributed by atoms with Crippen molar-refractivity contribution >= 4 is 5.70 Å². The molecule has 1 heteroatoms. The number of hydrogen-bond acceptors (Lipinski definition) is 1. The van der Waals surface area contributed by atoms with Crippen LogP contribution in [0.2, 0.25) is 0 Å². The molecule has 1 aliphatic heterocycles. The van der Waals surface area contributed by atoms with E-state index in [-0.39, 0.29) is 0 Å². The van der Waals surface area contributed by atoms with Gasteiger partial charge in [-0.1, -0.05) is 69.0 Å². The molecular formula is C20H29N. The van der Waals surface area contributed by atoms with Crippen LogP contribution in [0, 0.1) is 18.8 Å². The first-order chi connectivity index (χ1) is 10.2. The van der Waals surface area contributed by atoms with Crippen LogP contribution in [0.25, 0.3) is 5.70 Å². The lowest BCUT2D eigenvalue weighted by Gasteiger charge is -2.12. The first-order valence-corrected chi connectivity index (χ1v) is 8.42. The maximum absolute atomic E-state index is 3.34. The molecule has 0 aromatic heterocycles. The summed E-state index contributed by atoms with van der Waals surface area (Å²) in [5.41, 5.74) is 3.78. The van der Waals surface area contributed by atoms with Gasteiger partial charge in [0.2, 0.25) is 0 Å². The second-order valence-electron chi connectivity index (χ2n) is 6.21. The summed E-state index contributed by atoms with van der Waals surface area (Å²) in [5.74, 6) is 2.25. The largest absolute Gasteiger partial charge is 0.381 e. The predicted molar refractivity (Wildman–Crippen MR) is 93.1 cm³/mol. The van der Waals surface area contributed by atoms with E-state index in [0.29, 0.717) is 0 Å². The third-order valence-corrected chi connectivity index (χ3v) is 4.39. The molecule has 0 amide bonds. The highest BCUT2D eigenvalue weighted by atomic mass is 14.9. The normalized spacial score (nSPS) is 22.7. The summed E-state index contributed by atoms with van der Waals surface area (Å²) in [6, 6.07) is 8.53. The van der Waals surface area contributed by atoms with Crippen LogP contribution >= 0.6 is 0 Å². The van der Waals surface area contributed by atoms with E-state index in [9.17, 15) is 0 Å². The summed E-state index contributed by atoms with van der Waals surface area (Å²) < 4.78 is 0. The maximum atomic E-state index is 3.34. The molecule has 1 aromatic carbocycles. The highest BCUT2D eigenvalue weighted by Crippen LogP contribution is 2.43. The minimum atomic E-state index is 0.930. The van der Waals surface area contributed by atoms with Gasteiger partial charge in [0, 0.05) is 12.2 Å². The summed E-state index contributed by atoms with van der Waals surface area (Å²) in [6.07, 6.45) is 12.1. The van der Waals surface area contributed by atoms with E-state index in [2.05, 4.69) is 68.6 Å². The average molecular weight is 283 g/mol. The van der Waals surface area contributed by atoms with Gasteiger partial charge in [-0.3, -0.25) is 0 Å². The second-order valence-corrected chi connectivity index (χ2v) is 6.21. The number of hydrogen-bond donors (Lipinski definition) is 1. The van der Waals surface area contributed by atoms with Gasteiger partial charge < -0.3 is 5.32 Å². The zero-order valence-corrected chi connectivity index (χ0v) is 13.7. The molecule has 1 aliphatic carbocycles. The van der Waals surface area contributed by atoms with Crippen LogP contribution in [0.1, 0.15) is 50.7 Å². The van der Waals surface area contributed by atoms with Crippen molar-refractivity contribution in [2.45, 2.75) is 46.5 Å². The molecule has 3 rings (SSSR count). The average Bonchev–Trinajstić information content (AvgIpc) is 3.28. The van der Waals surface area contributed by atoms with Crippen molar-refractivity contribution in [2.75, 3.05) is 6.54 Å². The quantitative estimate of drug-likeness (QED) is 0.787. The number of rotatable bonds is 4. The summed E-state index contributed by atoms with van der Waals surface area (Å²) in [5, 5.41) is 3.34. The second kappa shape index (κ2) is 8.07. The van der Waals surface area contributed by atoms with Crippen molar-refractivity contribution in [3.63, 3.8) is 0 Å². The van der Waals surface area contributed by atoms with Crippen molar-refractivity contribution in [3.05, 3.63) is 53.6 Å². The minimum absolute atomic E-state index is 0.930. The van der Waals surface area contributed by atoms with Crippen molar-refractivity contribution in [1.29, 1.82) is 0 Å². The fraction of sp³-hybridized carbons (Fsp3) is 0.500. The Labute approximate surface area is 130 Å². The fourth-order valence-electron chi connectivity index (χ4n) is 3.01. The van der Waals surface area contributed by atoms with Crippen LogP contribution in [0.4, 0.5) is 0 Å². The third-order valence-electron chi connectivity index (χ3n) is 4.39. The van der Waals surface area contributed by atoms with Crippen LogP contribution in [0.15, 0.2) is 42.5 Å². The molecule has 1 aromatic rings. The first-order valence-electron chi connectivity index (χ1n) is 8.42. The zero-order valence-electron chi connectivity index (χ0n) is 13.7. The molecule has 1 fully saturated rings. The summed E-state index contributed by atoms with van der Waals surface area (Å²) in [4.78, 5) is 0. The topological polar surface area (TPSA) is 12.0 Å². The number of allylic oxidation sites excluding steroid dienone is 2. The van der Waals surface area contributed by atoms with Crippen LogP contribution in [-0.2, 0) is 0 Å². The minimum Gasteiger partial charge on any atom is -0.381 e.